The van der Waals surface area contributed by atoms with Crippen LogP contribution >= 0.6 is 11.3 Å². The van der Waals surface area contributed by atoms with Crippen molar-refractivity contribution in [1.29, 1.82) is 0 Å². The first-order chi connectivity index (χ1) is 10.1. The summed E-state index contributed by atoms with van der Waals surface area (Å²) < 4.78 is 13.3. The van der Waals surface area contributed by atoms with E-state index in [1.807, 2.05) is 23.6 Å². The lowest BCUT2D eigenvalue weighted by atomic mass is 10.1. The van der Waals surface area contributed by atoms with Crippen molar-refractivity contribution < 1.29 is 4.39 Å². The van der Waals surface area contributed by atoms with Gasteiger partial charge in [-0.05, 0) is 55.3 Å². The van der Waals surface area contributed by atoms with Crippen LogP contribution in [0.2, 0.25) is 0 Å². The molecule has 0 bridgehead atoms. The van der Waals surface area contributed by atoms with E-state index >= 15 is 0 Å². The van der Waals surface area contributed by atoms with Gasteiger partial charge < -0.3 is 5.32 Å². The molecule has 0 amide bonds. The molecular formula is C17H15FN2S. The van der Waals surface area contributed by atoms with Crippen molar-refractivity contribution in [2.24, 2.45) is 0 Å². The summed E-state index contributed by atoms with van der Waals surface area (Å²) in [7, 11) is 0. The SMILES string of the molecule is Cc1cccc(Nc2nc(-c3ccc(F)c(C)c3)cs2)c1. The number of benzene rings is 2. The Morgan fingerprint density at radius 3 is 2.71 bits per heavy atom. The van der Waals surface area contributed by atoms with Crippen LogP contribution in [-0.2, 0) is 0 Å². The molecule has 3 rings (SSSR count). The topological polar surface area (TPSA) is 24.9 Å². The Bertz CT molecular complexity index is 780. The van der Waals surface area contributed by atoms with Crippen LogP contribution in [0, 0.1) is 19.7 Å². The van der Waals surface area contributed by atoms with Gasteiger partial charge in [0.15, 0.2) is 5.13 Å². The van der Waals surface area contributed by atoms with Crippen molar-refractivity contribution in [3.63, 3.8) is 0 Å². The van der Waals surface area contributed by atoms with E-state index in [2.05, 4.69) is 29.4 Å². The minimum atomic E-state index is -0.188. The summed E-state index contributed by atoms with van der Waals surface area (Å²) in [6.07, 6.45) is 0. The van der Waals surface area contributed by atoms with E-state index in [4.69, 9.17) is 0 Å². The average Bonchev–Trinajstić information content (AvgIpc) is 2.90. The third kappa shape index (κ3) is 3.11. The van der Waals surface area contributed by atoms with E-state index in [1.165, 1.54) is 23.0 Å². The average molecular weight is 298 g/mol. The maximum atomic E-state index is 13.3. The van der Waals surface area contributed by atoms with Crippen LogP contribution in [0.1, 0.15) is 11.1 Å². The van der Waals surface area contributed by atoms with Crippen LogP contribution < -0.4 is 5.32 Å². The molecule has 21 heavy (non-hydrogen) atoms. The zero-order chi connectivity index (χ0) is 14.8. The largest absolute Gasteiger partial charge is 0.332 e. The Hall–Kier alpha value is -2.20. The molecule has 0 saturated heterocycles. The summed E-state index contributed by atoms with van der Waals surface area (Å²) in [6, 6.07) is 13.2. The summed E-state index contributed by atoms with van der Waals surface area (Å²) in [5.41, 5.74) is 4.64. The van der Waals surface area contributed by atoms with Gasteiger partial charge in [0.2, 0.25) is 0 Å². The molecule has 0 aliphatic carbocycles. The Labute approximate surface area is 127 Å². The fourth-order valence-corrected chi connectivity index (χ4v) is 2.85. The first kappa shape index (κ1) is 13.8. The van der Waals surface area contributed by atoms with Gasteiger partial charge in [0.05, 0.1) is 5.69 Å². The van der Waals surface area contributed by atoms with Gasteiger partial charge in [-0.25, -0.2) is 9.37 Å². The van der Waals surface area contributed by atoms with Gasteiger partial charge in [0, 0.05) is 16.6 Å². The normalized spacial score (nSPS) is 10.6. The van der Waals surface area contributed by atoms with Gasteiger partial charge in [-0.2, -0.15) is 0 Å². The van der Waals surface area contributed by atoms with Crippen molar-refractivity contribution in [3.05, 3.63) is 64.8 Å². The lowest BCUT2D eigenvalue weighted by Gasteiger charge is -2.03. The summed E-state index contributed by atoms with van der Waals surface area (Å²) in [5, 5.41) is 6.10. The number of hydrogen-bond acceptors (Lipinski definition) is 3. The van der Waals surface area contributed by atoms with E-state index in [1.54, 1.807) is 13.0 Å². The summed E-state index contributed by atoms with van der Waals surface area (Å²) in [4.78, 5) is 4.56. The van der Waals surface area contributed by atoms with Crippen LogP contribution in [0.4, 0.5) is 15.2 Å². The molecule has 3 aromatic rings. The number of rotatable bonds is 3. The first-order valence-corrected chi connectivity index (χ1v) is 7.55. The molecular weight excluding hydrogens is 283 g/mol. The highest BCUT2D eigenvalue weighted by molar-refractivity contribution is 7.14. The number of hydrogen-bond donors (Lipinski definition) is 1. The molecule has 0 unspecified atom stereocenters. The van der Waals surface area contributed by atoms with E-state index < -0.39 is 0 Å². The molecule has 0 aliphatic heterocycles. The standard InChI is InChI=1S/C17H15FN2S/c1-11-4-3-5-14(8-11)19-17-20-16(10-21-17)13-6-7-15(18)12(2)9-13/h3-10H,1-2H3,(H,19,20). The van der Waals surface area contributed by atoms with Gasteiger partial charge in [-0.15, -0.1) is 11.3 Å². The molecule has 0 aliphatic rings. The second-order valence-electron chi connectivity index (χ2n) is 5.00. The lowest BCUT2D eigenvalue weighted by molar-refractivity contribution is 0.619. The van der Waals surface area contributed by atoms with Crippen molar-refractivity contribution in [2.75, 3.05) is 5.32 Å². The molecule has 2 nitrogen and oxygen atoms in total. The van der Waals surface area contributed by atoms with Gasteiger partial charge in [0.1, 0.15) is 5.82 Å². The Balaban J connectivity index is 1.84. The fourth-order valence-electron chi connectivity index (χ4n) is 2.11. The molecule has 106 valence electrons. The number of nitrogens with zero attached hydrogens (tertiary/aromatic N) is 1. The zero-order valence-electron chi connectivity index (χ0n) is 11.9. The molecule has 0 radical (unpaired) electrons. The Morgan fingerprint density at radius 2 is 1.95 bits per heavy atom. The zero-order valence-corrected chi connectivity index (χ0v) is 12.7. The minimum absolute atomic E-state index is 0.188. The highest BCUT2D eigenvalue weighted by atomic mass is 32.1. The predicted octanol–water partition coefficient (Wildman–Crippen LogP) is 5.31. The molecule has 2 aromatic carbocycles. The second kappa shape index (κ2) is 5.66. The number of anilines is 2. The van der Waals surface area contributed by atoms with E-state index in [-0.39, 0.29) is 5.82 Å². The lowest BCUT2D eigenvalue weighted by Crippen LogP contribution is -1.90. The van der Waals surface area contributed by atoms with E-state index in [9.17, 15) is 4.39 Å². The van der Waals surface area contributed by atoms with Gasteiger partial charge in [-0.1, -0.05) is 12.1 Å². The highest BCUT2D eigenvalue weighted by Crippen LogP contribution is 2.28. The van der Waals surface area contributed by atoms with Crippen LogP contribution in [0.5, 0.6) is 0 Å². The van der Waals surface area contributed by atoms with Crippen molar-refractivity contribution >= 4 is 22.2 Å². The molecule has 1 N–H and O–H groups in total. The van der Waals surface area contributed by atoms with Crippen LogP contribution in [0.15, 0.2) is 47.8 Å². The third-order valence-electron chi connectivity index (χ3n) is 3.23. The second-order valence-corrected chi connectivity index (χ2v) is 5.85. The van der Waals surface area contributed by atoms with E-state index in [0.29, 0.717) is 5.56 Å². The van der Waals surface area contributed by atoms with Crippen LogP contribution in [-0.4, -0.2) is 4.98 Å². The summed E-state index contributed by atoms with van der Waals surface area (Å²) in [6.45, 7) is 3.82. The van der Waals surface area contributed by atoms with Crippen LogP contribution in [0.3, 0.4) is 0 Å². The van der Waals surface area contributed by atoms with Crippen molar-refractivity contribution in [1.82, 2.24) is 4.98 Å². The smallest absolute Gasteiger partial charge is 0.187 e. The monoisotopic (exact) mass is 298 g/mol. The molecule has 1 heterocycles. The number of aromatic nitrogens is 1. The minimum Gasteiger partial charge on any atom is -0.332 e. The first-order valence-electron chi connectivity index (χ1n) is 6.67. The predicted molar refractivity (Wildman–Crippen MR) is 86.7 cm³/mol. The maximum absolute atomic E-state index is 13.3. The highest BCUT2D eigenvalue weighted by Gasteiger charge is 2.07. The maximum Gasteiger partial charge on any atom is 0.187 e. The fraction of sp³-hybridized carbons (Fsp3) is 0.118. The molecule has 0 atom stereocenters. The molecule has 0 spiro atoms. The van der Waals surface area contributed by atoms with Crippen LogP contribution in [0.25, 0.3) is 11.3 Å². The summed E-state index contributed by atoms with van der Waals surface area (Å²) >= 11 is 1.54. The van der Waals surface area contributed by atoms with Gasteiger partial charge in [-0.3, -0.25) is 0 Å². The number of halogens is 1. The number of nitrogens with one attached hydrogen (secondary N) is 1. The number of aryl methyl sites for hydroxylation is 2. The van der Waals surface area contributed by atoms with Crippen molar-refractivity contribution in [2.45, 2.75) is 13.8 Å². The molecule has 1 aromatic heterocycles. The molecule has 0 fully saturated rings. The van der Waals surface area contributed by atoms with Gasteiger partial charge in [0.25, 0.3) is 0 Å². The van der Waals surface area contributed by atoms with E-state index in [0.717, 1.165) is 22.1 Å². The van der Waals surface area contributed by atoms with Crippen molar-refractivity contribution in [3.8, 4) is 11.3 Å². The van der Waals surface area contributed by atoms with Gasteiger partial charge >= 0.3 is 0 Å². The quantitative estimate of drug-likeness (QED) is 0.709. The Kier molecular flexibility index (Phi) is 3.71. The Morgan fingerprint density at radius 1 is 1.10 bits per heavy atom. The summed E-state index contributed by atoms with van der Waals surface area (Å²) in [5.74, 6) is -0.188. The molecule has 4 heteroatoms. The molecule has 0 saturated carbocycles. The number of thiazole rings is 1. The third-order valence-corrected chi connectivity index (χ3v) is 3.98.